The second-order valence-electron chi connectivity index (χ2n) is 3.65. The molecule has 0 saturated carbocycles. The van der Waals surface area contributed by atoms with E-state index in [0.717, 1.165) is 18.1 Å². The Hall–Kier alpha value is -1.72. The summed E-state index contributed by atoms with van der Waals surface area (Å²) in [7, 11) is 0. The monoisotopic (exact) mass is 240 g/mol. The Labute approximate surface area is 101 Å². The molecular formula is C11H20N4O2. The van der Waals surface area contributed by atoms with Gasteiger partial charge in [0.2, 0.25) is 0 Å². The minimum atomic E-state index is -0.210. The number of anilines is 2. The average Bonchev–Trinajstić information content (AvgIpc) is 2.57. The fraction of sp³-hybridized carbons (Fsp3) is 0.636. The van der Waals surface area contributed by atoms with Gasteiger partial charge in [0.25, 0.3) is 0 Å². The van der Waals surface area contributed by atoms with Crippen LogP contribution in [0.15, 0.2) is 0 Å². The van der Waals surface area contributed by atoms with E-state index in [9.17, 15) is 4.79 Å². The summed E-state index contributed by atoms with van der Waals surface area (Å²) in [6.45, 7) is 7.28. The van der Waals surface area contributed by atoms with Crippen LogP contribution >= 0.6 is 0 Å². The number of ether oxygens (including phenoxy) is 1. The molecule has 1 heterocycles. The second-order valence-corrected chi connectivity index (χ2v) is 3.65. The van der Waals surface area contributed by atoms with E-state index in [1.807, 2.05) is 13.8 Å². The van der Waals surface area contributed by atoms with Gasteiger partial charge in [-0.05, 0) is 20.8 Å². The molecule has 0 aliphatic carbocycles. The Morgan fingerprint density at radius 1 is 1.53 bits per heavy atom. The van der Waals surface area contributed by atoms with Gasteiger partial charge in [0.15, 0.2) is 0 Å². The lowest BCUT2D eigenvalue weighted by atomic mass is 10.3. The number of carbonyl (C=O) groups excluding carboxylic acids is 1. The number of nitrogen functional groups attached to an aromatic ring is 1. The number of aryl methyl sites for hydroxylation is 2. The minimum absolute atomic E-state index is 0.210. The van der Waals surface area contributed by atoms with Gasteiger partial charge in [0.1, 0.15) is 5.82 Å². The molecular weight excluding hydrogens is 220 g/mol. The van der Waals surface area contributed by atoms with E-state index in [2.05, 4.69) is 10.4 Å². The lowest BCUT2D eigenvalue weighted by molar-refractivity contribution is -0.142. The fourth-order valence-corrected chi connectivity index (χ4v) is 1.53. The van der Waals surface area contributed by atoms with Crippen molar-refractivity contribution >= 4 is 17.5 Å². The largest absolute Gasteiger partial charge is 0.466 e. The summed E-state index contributed by atoms with van der Waals surface area (Å²) in [5.41, 5.74) is 7.32. The normalized spacial score (nSPS) is 10.3. The molecule has 0 aliphatic heterocycles. The van der Waals surface area contributed by atoms with Crippen LogP contribution in [0.2, 0.25) is 0 Å². The van der Waals surface area contributed by atoms with Crippen LogP contribution in [0.1, 0.15) is 26.0 Å². The molecule has 0 atom stereocenters. The Balaban J connectivity index is 2.54. The zero-order chi connectivity index (χ0) is 12.8. The number of nitrogens with zero attached hydrogens (tertiary/aromatic N) is 2. The summed E-state index contributed by atoms with van der Waals surface area (Å²) in [6.07, 6.45) is 0.321. The Kier molecular flexibility index (Phi) is 4.81. The number of hydrogen-bond acceptors (Lipinski definition) is 5. The predicted octanol–water partition coefficient (Wildman–Crippen LogP) is 1.16. The highest BCUT2D eigenvalue weighted by Gasteiger charge is 2.11. The van der Waals surface area contributed by atoms with Crippen LogP contribution in [0.4, 0.5) is 11.5 Å². The number of nitrogens with one attached hydrogen (secondary N) is 1. The van der Waals surface area contributed by atoms with Crippen molar-refractivity contribution in [3.8, 4) is 0 Å². The van der Waals surface area contributed by atoms with Crippen molar-refractivity contribution in [2.24, 2.45) is 0 Å². The fourth-order valence-electron chi connectivity index (χ4n) is 1.53. The lowest BCUT2D eigenvalue weighted by Crippen LogP contribution is -2.14. The van der Waals surface area contributed by atoms with E-state index in [1.54, 1.807) is 11.6 Å². The molecule has 0 bridgehead atoms. The highest BCUT2D eigenvalue weighted by molar-refractivity contribution is 5.71. The zero-order valence-electron chi connectivity index (χ0n) is 10.6. The van der Waals surface area contributed by atoms with Crippen molar-refractivity contribution in [1.29, 1.82) is 0 Å². The van der Waals surface area contributed by atoms with Crippen LogP contribution in [0, 0.1) is 6.92 Å². The Bertz CT molecular complexity index is 387. The summed E-state index contributed by atoms with van der Waals surface area (Å²) in [5, 5.41) is 7.39. The third-order valence-electron chi connectivity index (χ3n) is 2.40. The van der Waals surface area contributed by atoms with Gasteiger partial charge in [0.05, 0.1) is 24.4 Å². The van der Waals surface area contributed by atoms with Gasteiger partial charge in [-0.25, -0.2) is 4.68 Å². The lowest BCUT2D eigenvalue weighted by Gasteiger charge is -2.08. The molecule has 6 nitrogen and oxygen atoms in total. The summed E-state index contributed by atoms with van der Waals surface area (Å²) < 4.78 is 6.63. The highest BCUT2D eigenvalue weighted by Crippen LogP contribution is 2.21. The van der Waals surface area contributed by atoms with E-state index in [-0.39, 0.29) is 5.97 Å². The van der Waals surface area contributed by atoms with Crippen molar-refractivity contribution in [1.82, 2.24) is 9.78 Å². The van der Waals surface area contributed by atoms with E-state index < -0.39 is 0 Å². The predicted molar refractivity (Wildman–Crippen MR) is 66.8 cm³/mol. The van der Waals surface area contributed by atoms with Gasteiger partial charge in [-0.2, -0.15) is 5.10 Å². The Morgan fingerprint density at radius 2 is 2.24 bits per heavy atom. The summed E-state index contributed by atoms with van der Waals surface area (Å²) in [4.78, 5) is 11.2. The molecule has 0 saturated heterocycles. The number of rotatable bonds is 6. The molecule has 0 unspecified atom stereocenters. The molecule has 96 valence electrons. The van der Waals surface area contributed by atoms with Gasteiger partial charge in [0, 0.05) is 13.1 Å². The number of hydrogen-bond donors (Lipinski definition) is 2. The van der Waals surface area contributed by atoms with Gasteiger partial charge in [-0.3, -0.25) is 4.79 Å². The number of carbonyl (C=O) groups is 1. The topological polar surface area (TPSA) is 82.2 Å². The van der Waals surface area contributed by atoms with Crippen molar-refractivity contribution < 1.29 is 9.53 Å². The SMILES string of the molecule is CCOC(=O)CCNc1c(N)c(C)nn1CC. The maximum absolute atomic E-state index is 11.2. The third kappa shape index (κ3) is 3.37. The molecule has 6 heteroatoms. The van der Waals surface area contributed by atoms with Crippen LogP contribution in [0.25, 0.3) is 0 Å². The molecule has 3 N–H and O–H groups in total. The highest BCUT2D eigenvalue weighted by atomic mass is 16.5. The first-order valence-corrected chi connectivity index (χ1v) is 5.82. The minimum Gasteiger partial charge on any atom is -0.466 e. The van der Waals surface area contributed by atoms with E-state index in [1.165, 1.54) is 0 Å². The van der Waals surface area contributed by atoms with Crippen molar-refractivity contribution in [2.45, 2.75) is 33.7 Å². The summed E-state index contributed by atoms with van der Waals surface area (Å²) in [6, 6.07) is 0. The molecule has 0 aromatic carbocycles. The van der Waals surface area contributed by atoms with Gasteiger partial charge in [-0.1, -0.05) is 0 Å². The van der Waals surface area contributed by atoms with Crippen molar-refractivity contribution in [3.63, 3.8) is 0 Å². The van der Waals surface area contributed by atoms with Crippen LogP contribution in [0.5, 0.6) is 0 Å². The van der Waals surface area contributed by atoms with Crippen LogP contribution in [-0.4, -0.2) is 28.9 Å². The molecule has 1 aromatic heterocycles. The standard InChI is InChI=1S/C11H20N4O2/c1-4-15-11(10(12)8(3)14-15)13-7-6-9(16)17-5-2/h13H,4-7,12H2,1-3H3. The van der Waals surface area contributed by atoms with Crippen molar-refractivity contribution in [3.05, 3.63) is 5.69 Å². The smallest absolute Gasteiger partial charge is 0.307 e. The van der Waals surface area contributed by atoms with Crippen molar-refractivity contribution in [2.75, 3.05) is 24.2 Å². The number of esters is 1. The number of nitrogens with two attached hydrogens (primary N) is 1. The first-order valence-electron chi connectivity index (χ1n) is 5.82. The summed E-state index contributed by atoms with van der Waals surface area (Å²) >= 11 is 0. The van der Waals surface area contributed by atoms with Gasteiger partial charge < -0.3 is 15.8 Å². The maximum atomic E-state index is 11.2. The molecule has 0 radical (unpaired) electrons. The Morgan fingerprint density at radius 3 is 2.82 bits per heavy atom. The summed E-state index contributed by atoms with van der Waals surface area (Å²) in [5.74, 6) is 0.562. The molecule has 0 spiro atoms. The molecule has 17 heavy (non-hydrogen) atoms. The van der Waals surface area contributed by atoms with Crippen LogP contribution in [-0.2, 0) is 16.1 Å². The third-order valence-corrected chi connectivity index (χ3v) is 2.40. The van der Waals surface area contributed by atoms with Crippen LogP contribution in [0.3, 0.4) is 0 Å². The van der Waals surface area contributed by atoms with E-state index in [4.69, 9.17) is 10.5 Å². The van der Waals surface area contributed by atoms with E-state index in [0.29, 0.717) is 25.3 Å². The van der Waals surface area contributed by atoms with Crippen LogP contribution < -0.4 is 11.1 Å². The zero-order valence-corrected chi connectivity index (χ0v) is 10.6. The maximum Gasteiger partial charge on any atom is 0.307 e. The first-order chi connectivity index (χ1) is 8.10. The van der Waals surface area contributed by atoms with E-state index >= 15 is 0 Å². The van der Waals surface area contributed by atoms with Gasteiger partial charge >= 0.3 is 5.97 Å². The number of aromatic nitrogens is 2. The average molecular weight is 240 g/mol. The molecule has 1 rings (SSSR count). The molecule has 0 fully saturated rings. The van der Waals surface area contributed by atoms with Gasteiger partial charge in [-0.15, -0.1) is 0 Å². The quantitative estimate of drug-likeness (QED) is 0.729. The second kappa shape index (κ2) is 6.12. The molecule has 0 aliphatic rings. The molecule has 0 amide bonds. The molecule has 1 aromatic rings. The first kappa shape index (κ1) is 13.3.